The number of benzene rings is 1. The van der Waals surface area contributed by atoms with Gasteiger partial charge in [0.05, 0.1) is 6.54 Å². The molecular formula is C28H37N3S. The Kier molecular flexibility index (Phi) is 20.7. The first-order chi connectivity index (χ1) is 16.0. The highest BCUT2D eigenvalue weighted by molar-refractivity contribution is 7.07. The van der Waals surface area contributed by atoms with Gasteiger partial charge >= 0.3 is 0 Å². The lowest BCUT2D eigenvalue weighted by atomic mass is 10.4. The van der Waals surface area contributed by atoms with E-state index in [2.05, 4.69) is 27.4 Å². The summed E-state index contributed by atoms with van der Waals surface area (Å²) in [6.45, 7) is 0.778. The Labute approximate surface area is 198 Å². The Balaban J connectivity index is 0.000000192. The van der Waals surface area contributed by atoms with Gasteiger partial charge in [-0.15, -0.1) is 0 Å². The molecule has 3 aliphatic rings. The van der Waals surface area contributed by atoms with Gasteiger partial charge in [-0.2, -0.15) is 21.6 Å². The van der Waals surface area contributed by atoms with E-state index in [4.69, 9.17) is 0 Å². The fourth-order valence-electron chi connectivity index (χ4n) is 2.63. The fourth-order valence-corrected chi connectivity index (χ4v) is 3.09. The highest BCUT2D eigenvalue weighted by atomic mass is 32.1. The molecule has 4 heteroatoms. The molecule has 32 heavy (non-hydrogen) atoms. The summed E-state index contributed by atoms with van der Waals surface area (Å²) in [4.78, 5) is 3.78. The molecule has 0 spiro atoms. The Morgan fingerprint density at radius 2 is 1.00 bits per heavy atom. The maximum atomic E-state index is 3.78. The van der Waals surface area contributed by atoms with Crippen LogP contribution in [0.15, 0.2) is 125 Å². The first kappa shape index (κ1) is 27.2. The van der Waals surface area contributed by atoms with Crippen LogP contribution in [0.5, 0.6) is 0 Å². The van der Waals surface area contributed by atoms with Crippen LogP contribution in [0, 0.1) is 0 Å². The number of hydrogen-bond acceptors (Lipinski definition) is 4. The minimum Gasteiger partial charge on any atom is -0.265 e. The monoisotopic (exact) mass is 447 g/mol. The normalized spacial score (nSPS) is 14.0. The number of pyridine rings is 1. The van der Waals surface area contributed by atoms with E-state index in [1.54, 1.807) is 29.9 Å². The molecule has 0 N–H and O–H groups in total. The highest BCUT2D eigenvalue weighted by Crippen LogP contribution is 2.15. The Morgan fingerprint density at radius 1 is 0.500 bits per heavy atom. The molecule has 0 unspecified atom stereocenters. The molecule has 3 aromatic rings. The van der Waals surface area contributed by atoms with Crippen molar-refractivity contribution in [1.82, 2.24) is 4.98 Å². The van der Waals surface area contributed by atoms with Crippen molar-refractivity contribution in [2.75, 3.05) is 6.54 Å². The van der Waals surface area contributed by atoms with Crippen LogP contribution in [0.3, 0.4) is 0 Å². The van der Waals surface area contributed by atoms with Crippen LogP contribution in [-0.2, 0) is 0 Å². The summed E-state index contributed by atoms with van der Waals surface area (Å²) in [5.41, 5.74) is 0. The molecule has 3 heterocycles. The van der Waals surface area contributed by atoms with Crippen molar-refractivity contribution in [3.63, 3.8) is 0 Å². The number of hydrogen-bond donors (Lipinski definition) is 0. The molecule has 2 aliphatic carbocycles. The zero-order valence-corrected chi connectivity index (χ0v) is 19.9. The van der Waals surface area contributed by atoms with E-state index in [-0.39, 0.29) is 0 Å². The van der Waals surface area contributed by atoms with Crippen LogP contribution in [0.1, 0.15) is 51.4 Å². The minimum atomic E-state index is 0.778. The van der Waals surface area contributed by atoms with Crippen LogP contribution in [0.2, 0.25) is 0 Å². The molecule has 1 aliphatic heterocycles. The van der Waals surface area contributed by atoms with Gasteiger partial charge in [-0.25, -0.2) is 0 Å². The molecule has 0 saturated heterocycles. The molecule has 0 radical (unpaired) electrons. The fraction of sp³-hybridized carbons (Fsp3) is 0.321. The van der Waals surface area contributed by atoms with Gasteiger partial charge in [0, 0.05) is 18.6 Å². The predicted octanol–water partition coefficient (Wildman–Crippen LogP) is 9.16. The zero-order chi connectivity index (χ0) is 22.6. The highest BCUT2D eigenvalue weighted by Gasteiger charge is 1.95. The van der Waals surface area contributed by atoms with Crippen molar-refractivity contribution in [1.29, 1.82) is 0 Å². The summed E-state index contributed by atoms with van der Waals surface area (Å²) in [7, 11) is 0. The van der Waals surface area contributed by atoms with Gasteiger partial charge in [-0.05, 0) is 48.2 Å². The Bertz CT molecular complexity index is 639. The lowest BCUT2D eigenvalue weighted by Crippen LogP contribution is -1.58. The van der Waals surface area contributed by atoms with E-state index in [0.29, 0.717) is 0 Å². The maximum absolute atomic E-state index is 3.78. The van der Waals surface area contributed by atoms with E-state index in [1.165, 1.54) is 51.4 Å². The van der Waals surface area contributed by atoms with Crippen LogP contribution in [0.25, 0.3) is 0 Å². The third-order valence-corrected chi connectivity index (χ3v) is 4.89. The Morgan fingerprint density at radius 3 is 1.19 bits per heavy atom. The summed E-state index contributed by atoms with van der Waals surface area (Å²) in [6.07, 6.45) is 23.1. The number of thiophene rings is 1. The van der Waals surface area contributed by atoms with Crippen LogP contribution >= 0.6 is 11.3 Å². The van der Waals surface area contributed by atoms with Crippen molar-refractivity contribution in [2.45, 2.75) is 51.4 Å². The van der Waals surface area contributed by atoms with E-state index in [1.807, 2.05) is 83.6 Å². The minimum absolute atomic E-state index is 0.778. The van der Waals surface area contributed by atoms with Gasteiger partial charge in [0.25, 0.3) is 0 Å². The molecule has 170 valence electrons. The second-order valence-corrected chi connectivity index (χ2v) is 7.78. The second kappa shape index (κ2) is 24.4. The number of rotatable bonds is 0. The molecule has 1 saturated carbocycles. The molecule has 0 atom stereocenters. The van der Waals surface area contributed by atoms with Gasteiger partial charge in [-0.1, -0.05) is 98.9 Å². The Hall–Kier alpha value is -2.85. The summed E-state index contributed by atoms with van der Waals surface area (Å²) >= 11 is 1.71. The number of allylic oxidation sites excluding steroid dienone is 2. The van der Waals surface area contributed by atoms with Crippen molar-refractivity contribution in [3.8, 4) is 0 Å². The van der Waals surface area contributed by atoms with E-state index >= 15 is 0 Å². The lowest BCUT2D eigenvalue weighted by molar-refractivity contribution is 0.886. The molecular weight excluding hydrogens is 410 g/mol. The first-order valence-electron chi connectivity index (χ1n) is 11.5. The molecule has 2 aromatic heterocycles. The average molecular weight is 448 g/mol. The summed E-state index contributed by atoms with van der Waals surface area (Å²) in [5, 5.41) is 11.2. The van der Waals surface area contributed by atoms with Crippen molar-refractivity contribution < 1.29 is 0 Å². The van der Waals surface area contributed by atoms with Crippen molar-refractivity contribution >= 4 is 11.3 Å². The van der Waals surface area contributed by atoms with Crippen molar-refractivity contribution in [3.05, 3.63) is 114 Å². The number of nitrogens with zero attached hydrogens (tertiary/aromatic N) is 3. The average Bonchev–Trinajstić information content (AvgIpc) is 3.73. The number of aromatic nitrogens is 1. The predicted molar refractivity (Wildman–Crippen MR) is 140 cm³/mol. The van der Waals surface area contributed by atoms with Crippen LogP contribution in [-0.4, -0.2) is 11.5 Å². The molecule has 6 rings (SSSR count). The third kappa shape index (κ3) is 21.8. The van der Waals surface area contributed by atoms with E-state index < -0.39 is 0 Å². The van der Waals surface area contributed by atoms with Crippen LogP contribution < -0.4 is 0 Å². The standard InChI is InChI=1S/C6H6.C5H5N.C5H10.C5H8.C4H4S.C3H4N2/c2*1-2-4-6-5-3-1;4*1-2-4-5-3-1/h1-6H;1-5H;1-5H2;1-2H,3-5H2;1-4H;1-2H,3H2. The van der Waals surface area contributed by atoms with E-state index in [9.17, 15) is 0 Å². The van der Waals surface area contributed by atoms with Crippen LogP contribution in [0.4, 0.5) is 0 Å². The first-order valence-corrected chi connectivity index (χ1v) is 12.4. The quantitative estimate of drug-likeness (QED) is 0.316. The van der Waals surface area contributed by atoms with E-state index in [0.717, 1.165) is 6.54 Å². The molecule has 1 aromatic carbocycles. The van der Waals surface area contributed by atoms with Gasteiger partial charge in [0.2, 0.25) is 0 Å². The topological polar surface area (TPSA) is 37.6 Å². The summed E-state index contributed by atoms with van der Waals surface area (Å²) < 4.78 is 0. The summed E-state index contributed by atoms with van der Waals surface area (Å²) in [6, 6.07) is 21.8. The molecule has 0 amide bonds. The second-order valence-electron chi connectivity index (χ2n) is 6.97. The van der Waals surface area contributed by atoms with Gasteiger partial charge < -0.3 is 0 Å². The number of azo groups is 1. The molecule has 0 bridgehead atoms. The van der Waals surface area contributed by atoms with Gasteiger partial charge in [0.15, 0.2) is 0 Å². The van der Waals surface area contributed by atoms with Crippen molar-refractivity contribution in [2.24, 2.45) is 10.2 Å². The molecule has 1 fully saturated rings. The van der Waals surface area contributed by atoms with Gasteiger partial charge in [0.1, 0.15) is 0 Å². The zero-order valence-electron chi connectivity index (χ0n) is 19.1. The SMILES string of the molecule is C1=CCCC1.C1=CN=NC1.C1CCCC1.c1ccccc1.c1ccncc1.c1ccsc1. The third-order valence-electron chi connectivity index (χ3n) is 4.26. The largest absolute Gasteiger partial charge is 0.265 e. The smallest absolute Gasteiger partial charge is 0.0802 e. The van der Waals surface area contributed by atoms with Gasteiger partial charge in [-0.3, -0.25) is 4.98 Å². The lowest BCUT2D eigenvalue weighted by Gasteiger charge is -1.70. The molecule has 3 nitrogen and oxygen atoms in total. The summed E-state index contributed by atoms with van der Waals surface area (Å²) in [5.74, 6) is 0. The maximum Gasteiger partial charge on any atom is 0.0802 e.